The van der Waals surface area contributed by atoms with Crippen LogP contribution in [0.15, 0.2) is 42.5 Å². The first-order valence-corrected chi connectivity index (χ1v) is 7.09. The Morgan fingerprint density at radius 3 is 2.15 bits per heavy atom. The van der Waals surface area contributed by atoms with E-state index in [1.165, 1.54) is 16.7 Å². The molecule has 0 saturated carbocycles. The smallest absolute Gasteiger partial charge is 0.125 e. The lowest BCUT2D eigenvalue weighted by atomic mass is 10.1. The summed E-state index contributed by atoms with van der Waals surface area (Å²) >= 11 is 0. The van der Waals surface area contributed by atoms with Crippen molar-refractivity contribution in [3.63, 3.8) is 0 Å². The van der Waals surface area contributed by atoms with Crippen molar-refractivity contribution in [1.82, 2.24) is 0 Å². The number of aryl methyl sites for hydroxylation is 3. The highest BCUT2D eigenvalue weighted by Crippen LogP contribution is 2.23. The van der Waals surface area contributed by atoms with Crippen LogP contribution in [-0.2, 0) is 0 Å². The van der Waals surface area contributed by atoms with Crippen molar-refractivity contribution in [3.05, 3.63) is 59.2 Å². The van der Waals surface area contributed by atoms with E-state index in [4.69, 9.17) is 4.74 Å². The summed E-state index contributed by atoms with van der Waals surface area (Å²) in [4.78, 5) is 0. The molecule has 0 aliphatic carbocycles. The summed E-state index contributed by atoms with van der Waals surface area (Å²) in [6, 6.07) is 14.7. The first kappa shape index (κ1) is 14.4. The summed E-state index contributed by atoms with van der Waals surface area (Å²) < 4.78 is 6.06. The fraction of sp³-hybridized carbons (Fsp3) is 0.333. The lowest BCUT2D eigenvalue weighted by Crippen LogP contribution is -2.23. The molecule has 0 radical (unpaired) electrons. The van der Waals surface area contributed by atoms with Crippen LogP contribution >= 0.6 is 0 Å². The minimum atomic E-state index is 0.121. The topological polar surface area (TPSA) is 21.3 Å². The highest BCUT2D eigenvalue weighted by molar-refractivity contribution is 5.44. The molecule has 0 amide bonds. The van der Waals surface area contributed by atoms with Crippen molar-refractivity contribution >= 4 is 5.69 Å². The number of rotatable bonds is 5. The summed E-state index contributed by atoms with van der Waals surface area (Å²) in [5.74, 6) is 1.01. The van der Waals surface area contributed by atoms with Crippen LogP contribution in [0.2, 0.25) is 0 Å². The van der Waals surface area contributed by atoms with Crippen molar-refractivity contribution in [1.29, 1.82) is 0 Å². The molecule has 0 heterocycles. The summed E-state index contributed by atoms with van der Waals surface area (Å²) in [7, 11) is 0. The number of nitrogens with one attached hydrogen (secondary N) is 1. The Morgan fingerprint density at radius 2 is 1.55 bits per heavy atom. The molecule has 0 spiro atoms. The van der Waals surface area contributed by atoms with Crippen LogP contribution in [0.1, 0.15) is 23.6 Å². The van der Waals surface area contributed by atoms with Gasteiger partial charge in [0.05, 0.1) is 6.54 Å². The van der Waals surface area contributed by atoms with Gasteiger partial charge in [-0.25, -0.2) is 0 Å². The number of hydrogen-bond acceptors (Lipinski definition) is 2. The van der Waals surface area contributed by atoms with Crippen molar-refractivity contribution in [2.24, 2.45) is 0 Å². The van der Waals surface area contributed by atoms with Crippen molar-refractivity contribution < 1.29 is 4.74 Å². The second-order valence-electron chi connectivity index (χ2n) is 5.40. The predicted molar refractivity (Wildman–Crippen MR) is 85.7 cm³/mol. The maximum atomic E-state index is 6.06. The van der Waals surface area contributed by atoms with Gasteiger partial charge in [-0.1, -0.05) is 35.9 Å². The second kappa shape index (κ2) is 6.47. The molecule has 1 atom stereocenters. The van der Waals surface area contributed by atoms with Crippen molar-refractivity contribution in [2.45, 2.75) is 33.8 Å². The third-order valence-corrected chi connectivity index (χ3v) is 3.37. The molecule has 2 aromatic rings. The molecule has 20 heavy (non-hydrogen) atoms. The molecule has 0 bridgehead atoms. The van der Waals surface area contributed by atoms with Crippen LogP contribution in [0, 0.1) is 20.8 Å². The van der Waals surface area contributed by atoms with Crippen LogP contribution < -0.4 is 10.1 Å². The van der Waals surface area contributed by atoms with E-state index < -0.39 is 0 Å². The van der Waals surface area contributed by atoms with E-state index in [0.29, 0.717) is 0 Å². The van der Waals surface area contributed by atoms with Gasteiger partial charge in [0.25, 0.3) is 0 Å². The molecular weight excluding hydrogens is 246 g/mol. The number of hydrogen-bond donors (Lipinski definition) is 1. The Kier molecular flexibility index (Phi) is 4.67. The fourth-order valence-corrected chi connectivity index (χ4v) is 2.16. The molecule has 2 rings (SSSR count). The zero-order chi connectivity index (χ0) is 14.5. The molecule has 0 aliphatic heterocycles. The molecule has 106 valence electrons. The first-order chi connectivity index (χ1) is 9.56. The van der Waals surface area contributed by atoms with Crippen molar-refractivity contribution in [2.75, 3.05) is 11.9 Å². The Morgan fingerprint density at radius 1 is 0.950 bits per heavy atom. The predicted octanol–water partition coefficient (Wildman–Crippen LogP) is 4.49. The average molecular weight is 269 g/mol. The Balaban J connectivity index is 1.92. The minimum Gasteiger partial charge on any atom is -0.488 e. The van der Waals surface area contributed by atoms with Crippen LogP contribution in [0.3, 0.4) is 0 Å². The zero-order valence-corrected chi connectivity index (χ0v) is 12.7. The quantitative estimate of drug-likeness (QED) is 0.863. The molecule has 1 unspecified atom stereocenters. The summed E-state index contributed by atoms with van der Waals surface area (Å²) in [6.07, 6.45) is 0.121. The molecule has 1 N–H and O–H groups in total. The SMILES string of the molecule is Cc1ccc(NCC(C)Oc2c(C)cccc2C)cc1. The van der Waals surface area contributed by atoms with E-state index in [9.17, 15) is 0 Å². The average Bonchev–Trinajstić information content (AvgIpc) is 2.42. The molecule has 2 heteroatoms. The lowest BCUT2D eigenvalue weighted by Gasteiger charge is -2.19. The van der Waals surface area contributed by atoms with Gasteiger partial charge in [0.1, 0.15) is 11.9 Å². The van der Waals surface area contributed by atoms with Gasteiger partial charge in [-0.15, -0.1) is 0 Å². The summed E-state index contributed by atoms with van der Waals surface area (Å²) in [6.45, 7) is 9.14. The first-order valence-electron chi connectivity index (χ1n) is 7.09. The standard InChI is InChI=1S/C18H23NO/c1-13-8-10-17(11-9-13)19-12-16(4)20-18-14(2)6-5-7-15(18)3/h5-11,16,19H,12H2,1-4H3. The Hall–Kier alpha value is -1.96. The second-order valence-corrected chi connectivity index (χ2v) is 5.40. The molecule has 0 aliphatic rings. The number of ether oxygens (including phenoxy) is 1. The maximum Gasteiger partial charge on any atom is 0.125 e. The number of benzene rings is 2. The van der Waals surface area contributed by atoms with Gasteiger partial charge in [0, 0.05) is 5.69 Å². The zero-order valence-electron chi connectivity index (χ0n) is 12.7. The lowest BCUT2D eigenvalue weighted by molar-refractivity contribution is 0.231. The summed E-state index contributed by atoms with van der Waals surface area (Å²) in [5.41, 5.74) is 4.78. The third-order valence-electron chi connectivity index (χ3n) is 3.37. The molecule has 0 fully saturated rings. The van der Waals surface area contributed by atoms with Crippen LogP contribution in [0.4, 0.5) is 5.69 Å². The van der Waals surface area contributed by atoms with Gasteiger partial charge in [0.15, 0.2) is 0 Å². The molecule has 2 aromatic carbocycles. The highest BCUT2D eigenvalue weighted by atomic mass is 16.5. The van der Waals surface area contributed by atoms with E-state index in [1.54, 1.807) is 0 Å². The van der Waals surface area contributed by atoms with E-state index >= 15 is 0 Å². The largest absolute Gasteiger partial charge is 0.488 e. The van der Waals surface area contributed by atoms with Gasteiger partial charge < -0.3 is 10.1 Å². The van der Waals surface area contributed by atoms with Gasteiger partial charge in [-0.05, 0) is 51.0 Å². The summed E-state index contributed by atoms with van der Waals surface area (Å²) in [5, 5.41) is 3.41. The van der Waals surface area contributed by atoms with Gasteiger partial charge >= 0.3 is 0 Å². The van der Waals surface area contributed by atoms with E-state index in [-0.39, 0.29) is 6.10 Å². The van der Waals surface area contributed by atoms with Gasteiger partial charge in [0.2, 0.25) is 0 Å². The number of para-hydroxylation sites is 1. The van der Waals surface area contributed by atoms with Crippen LogP contribution in [0.25, 0.3) is 0 Å². The van der Waals surface area contributed by atoms with Crippen LogP contribution in [-0.4, -0.2) is 12.6 Å². The normalized spacial score (nSPS) is 12.0. The van der Waals surface area contributed by atoms with Gasteiger partial charge in [-0.2, -0.15) is 0 Å². The molecule has 2 nitrogen and oxygen atoms in total. The Bertz CT molecular complexity index is 540. The monoisotopic (exact) mass is 269 g/mol. The van der Waals surface area contributed by atoms with E-state index in [1.807, 2.05) is 0 Å². The third kappa shape index (κ3) is 3.77. The van der Waals surface area contributed by atoms with Crippen LogP contribution in [0.5, 0.6) is 5.75 Å². The molecular formula is C18H23NO. The molecule has 0 saturated heterocycles. The highest BCUT2D eigenvalue weighted by Gasteiger charge is 2.08. The maximum absolute atomic E-state index is 6.06. The fourth-order valence-electron chi connectivity index (χ4n) is 2.16. The van der Waals surface area contributed by atoms with Gasteiger partial charge in [-0.3, -0.25) is 0 Å². The van der Waals surface area contributed by atoms with E-state index in [0.717, 1.165) is 18.0 Å². The molecule has 0 aromatic heterocycles. The Labute approximate surface area is 121 Å². The van der Waals surface area contributed by atoms with E-state index in [2.05, 4.69) is 75.5 Å². The van der Waals surface area contributed by atoms with Crippen molar-refractivity contribution in [3.8, 4) is 5.75 Å². The number of anilines is 1. The minimum absolute atomic E-state index is 0.121.